The quantitative estimate of drug-likeness (QED) is 0.388. The Bertz CT molecular complexity index is 1250. The summed E-state index contributed by atoms with van der Waals surface area (Å²) in [6, 6.07) is 23.5. The molecule has 0 saturated heterocycles. The third-order valence-corrected chi connectivity index (χ3v) is 5.03. The molecule has 27 heavy (non-hydrogen) atoms. The molecule has 2 heterocycles. The van der Waals surface area contributed by atoms with E-state index in [1.54, 1.807) is 6.07 Å². The van der Waals surface area contributed by atoms with Gasteiger partial charge < -0.3 is 0 Å². The molecule has 134 valence electrons. The van der Waals surface area contributed by atoms with Gasteiger partial charge in [-0.3, -0.25) is 8.95 Å². The smallest absolute Gasteiger partial charge is 0.296 e. The van der Waals surface area contributed by atoms with Gasteiger partial charge in [0.25, 0.3) is 10.1 Å². The molecule has 0 fully saturated rings. The predicted octanol–water partition coefficient (Wildman–Crippen LogP) is 5.27. The Hall–Kier alpha value is -3.29. The topological polar surface area (TPSA) is 83.5 Å². The molecule has 0 saturated carbocycles. The highest BCUT2D eigenvalue weighted by molar-refractivity contribution is 7.86. The fraction of sp³-hybridized carbons (Fsp3) is 0. The number of hydrogen-bond donors (Lipinski definition) is 1. The first kappa shape index (κ1) is 17.1. The van der Waals surface area contributed by atoms with E-state index in [1.165, 1.54) is 18.2 Å². The molecule has 4 rings (SSSR count). The van der Waals surface area contributed by atoms with Crippen molar-refractivity contribution in [3.05, 3.63) is 85.1 Å². The zero-order valence-corrected chi connectivity index (χ0v) is 14.9. The second kappa shape index (κ2) is 6.79. The molecule has 2 aromatic carbocycles. The molecule has 0 amide bonds. The Balaban J connectivity index is 1.89. The van der Waals surface area contributed by atoms with E-state index in [9.17, 15) is 13.0 Å². The van der Waals surface area contributed by atoms with Crippen LogP contribution in [0.3, 0.4) is 0 Å². The van der Waals surface area contributed by atoms with Gasteiger partial charge >= 0.3 is 0 Å². The number of hydrogen-bond acceptors (Lipinski definition) is 4. The van der Waals surface area contributed by atoms with E-state index in [2.05, 4.69) is 10.2 Å². The summed E-state index contributed by atoms with van der Waals surface area (Å²) in [6.07, 6.45) is 1.87. The maximum atomic E-state index is 11.6. The molecule has 7 heteroatoms. The standard InChI is InChI=1S/C20H15N3O3S/c24-27(25,26)19-12-5-4-11-18(19)21-22-20-17(15-8-2-1-3-9-15)14-16-10-6-7-13-23(16)20/h1-14H,(H,24,25,26). The van der Waals surface area contributed by atoms with Crippen LogP contribution in [0.25, 0.3) is 16.6 Å². The van der Waals surface area contributed by atoms with Gasteiger partial charge in [-0.25, -0.2) is 0 Å². The molecule has 0 bridgehead atoms. The van der Waals surface area contributed by atoms with Gasteiger partial charge in [-0.2, -0.15) is 8.42 Å². The number of azo groups is 1. The SMILES string of the molecule is O=S(=O)(O)c1ccccc1N=Nc1c(-c2ccccc2)cc2ccccn12. The molecule has 6 nitrogen and oxygen atoms in total. The average Bonchev–Trinajstić information content (AvgIpc) is 3.05. The zero-order valence-electron chi connectivity index (χ0n) is 14.1. The highest BCUT2D eigenvalue weighted by Crippen LogP contribution is 2.35. The Morgan fingerprint density at radius 1 is 0.815 bits per heavy atom. The van der Waals surface area contributed by atoms with Crippen molar-refractivity contribution in [2.45, 2.75) is 4.90 Å². The fourth-order valence-electron chi connectivity index (χ4n) is 2.90. The van der Waals surface area contributed by atoms with Gasteiger partial charge in [0.15, 0.2) is 5.82 Å². The molecule has 0 aliphatic heterocycles. The van der Waals surface area contributed by atoms with E-state index in [-0.39, 0.29) is 10.6 Å². The average molecular weight is 377 g/mol. The summed E-state index contributed by atoms with van der Waals surface area (Å²) in [5.74, 6) is 0.571. The predicted molar refractivity (Wildman–Crippen MR) is 103 cm³/mol. The van der Waals surface area contributed by atoms with Gasteiger partial charge in [-0.1, -0.05) is 48.5 Å². The second-order valence-electron chi connectivity index (χ2n) is 5.89. The first-order valence-electron chi connectivity index (χ1n) is 8.18. The Morgan fingerprint density at radius 3 is 2.30 bits per heavy atom. The molecule has 0 spiro atoms. The summed E-state index contributed by atoms with van der Waals surface area (Å²) < 4.78 is 34.4. The molecular formula is C20H15N3O3S. The van der Waals surface area contributed by atoms with Crippen molar-refractivity contribution in [2.24, 2.45) is 10.2 Å². The fourth-order valence-corrected chi connectivity index (χ4v) is 3.52. The minimum absolute atomic E-state index is 0.0740. The van der Waals surface area contributed by atoms with Gasteiger partial charge in [0.05, 0.1) is 0 Å². The zero-order chi connectivity index (χ0) is 18.9. The Kier molecular flexibility index (Phi) is 4.31. The lowest BCUT2D eigenvalue weighted by Gasteiger charge is -2.03. The lowest BCUT2D eigenvalue weighted by molar-refractivity contribution is 0.483. The van der Waals surface area contributed by atoms with Crippen molar-refractivity contribution in [3.8, 4) is 11.1 Å². The van der Waals surface area contributed by atoms with Gasteiger partial charge in [0, 0.05) is 17.3 Å². The van der Waals surface area contributed by atoms with Gasteiger partial charge in [0.2, 0.25) is 0 Å². The van der Waals surface area contributed by atoms with Crippen LogP contribution in [0.2, 0.25) is 0 Å². The summed E-state index contributed by atoms with van der Waals surface area (Å²) in [7, 11) is -4.39. The van der Waals surface area contributed by atoms with Crippen LogP contribution in [0.4, 0.5) is 11.5 Å². The Labute approximate surface area is 156 Å². The molecule has 0 aliphatic carbocycles. The molecule has 0 aliphatic rings. The third kappa shape index (κ3) is 3.38. The van der Waals surface area contributed by atoms with Crippen LogP contribution < -0.4 is 0 Å². The third-order valence-electron chi connectivity index (χ3n) is 4.13. The number of aromatic nitrogens is 1. The number of benzene rings is 2. The van der Waals surface area contributed by atoms with E-state index >= 15 is 0 Å². The van der Waals surface area contributed by atoms with Crippen LogP contribution in [0.1, 0.15) is 0 Å². The number of nitrogens with zero attached hydrogens (tertiary/aromatic N) is 3. The van der Waals surface area contributed by atoms with E-state index in [0.29, 0.717) is 5.82 Å². The highest BCUT2D eigenvalue weighted by atomic mass is 32.2. The van der Waals surface area contributed by atoms with Crippen molar-refractivity contribution >= 4 is 27.1 Å². The molecule has 2 aromatic heterocycles. The minimum atomic E-state index is -4.39. The molecular weight excluding hydrogens is 362 g/mol. The van der Waals surface area contributed by atoms with Crippen molar-refractivity contribution in [1.82, 2.24) is 4.40 Å². The minimum Gasteiger partial charge on any atom is -0.300 e. The highest BCUT2D eigenvalue weighted by Gasteiger charge is 2.16. The maximum Gasteiger partial charge on any atom is 0.296 e. The van der Waals surface area contributed by atoms with Crippen LogP contribution in [0.5, 0.6) is 0 Å². The van der Waals surface area contributed by atoms with E-state index in [4.69, 9.17) is 0 Å². The molecule has 1 N–H and O–H groups in total. The molecule has 0 radical (unpaired) electrons. The molecule has 4 aromatic rings. The van der Waals surface area contributed by atoms with Crippen LogP contribution in [0, 0.1) is 0 Å². The normalized spacial score (nSPS) is 12.0. The van der Waals surface area contributed by atoms with Crippen molar-refractivity contribution in [2.75, 3.05) is 0 Å². The van der Waals surface area contributed by atoms with E-state index in [1.807, 2.05) is 65.2 Å². The summed E-state index contributed by atoms with van der Waals surface area (Å²) in [6.45, 7) is 0. The van der Waals surface area contributed by atoms with Gasteiger partial charge in [0.1, 0.15) is 10.6 Å². The summed E-state index contributed by atoms with van der Waals surface area (Å²) in [5, 5.41) is 8.44. The lowest BCUT2D eigenvalue weighted by atomic mass is 10.1. The summed E-state index contributed by atoms with van der Waals surface area (Å²) >= 11 is 0. The lowest BCUT2D eigenvalue weighted by Crippen LogP contribution is -1.97. The van der Waals surface area contributed by atoms with Crippen molar-refractivity contribution < 1.29 is 13.0 Å². The van der Waals surface area contributed by atoms with Crippen LogP contribution in [-0.2, 0) is 10.1 Å². The largest absolute Gasteiger partial charge is 0.300 e. The number of rotatable bonds is 4. The Morgan fingerprint density at radius 2 is 1.52 bits per heavy atom. The van der Waals surface area contributed by atoms with E-state index < -0.39 is 10.1 Å². The number of fused-ring (bicyclic) bond motifs is 1. The van der Waals surface area contributed by atoms with Crippen molar-refractivity contribution in [1.29, 1.82) is 0 Å². The maximum absolute atomic E-state index is 11.6. The van der Waals surface area contributed by atoms with Crippen LogP contribution in [-0.4, -0.2) is 17.4 Å². The first-order valence-corrected chi connectivity index (χ1v) is 9.62. The first-order chi connectivity index (χ1) is 13.0. The molecule has 0 unspecified atom stereocenters. The summed E-state index contributed by atoms with van der Waals surface area (Å²) in [4.78, 5) is -0.282. The van der Waals surface area contributed by atoms with E-state index in [0.717, 1.165) is 16.6 Å². The second-order valence-corrected chi connectivity index (χ2v) is 7.28. The van der Waals surface area contributed by atoms with Crippen molar-refractivity contribution in [3.63, 3.8) is 0 Å². The monoisotopic (exact) mass is 377 g/mol. The van der Waals surface area contributed by atoms with Crippen LogP contribution in [0.15, 0.2) is 100 Å². The molecule has 0 atom stereocenters. The van der Waals surface area contributed by atoms with Gasteiger partial charge in [-0.15, -0.1) is 10.2 Å². The summed E-state index contributed by atoms with van der Waals surface area (Å²) in [5.41, 5.74) is 2.85. The number of pyridine rings is 1. The van der Waals surface area contributed by atoms with Crippen LogP contribution >= 0.6 is 0 Å². The van der Waals surface area contributed by atoms with Gasteiger partial charge in [-0.05, 0) is 35.9 Å².